The van der Waals surface area contributed by atoms with Crippen LogP contribution in [0.2, 0.25) is 0 Å². The summed E-state index contributed by atoms with van der Waals surface area (Å²) in [5.74, 6) is 0.0854. The number of aromatic nitrogens is 2. The summed E-state index contributed by atoms with van der Waals surface area (Å²) in [4.78, 5) is 4.94. The Morgan fingerprint density at radius 1 is 0.511 bits per heavy atom. The smallest absolute Gasteiger partial charge is 0.230 e. The Bertz CT molecular complexity index is 3420. The molecule has 11 rings (SSSR count). The summed E-state index contributed by atoms with van der Waals surface area (Å²) in [7, 11) is 0. The average molecular weight is 609 g/mol. The Morgan fingerprint density at radius 2 is 1.13 bits per heavy atom. The molecule has 0 unspecified atom stereocenters. The summed E-state index contributed by atoms with van der Waals surface area (Å²) < 4.78 is 86.8. The molecule has 3 heterocycles. The molecular weight excluding hydrogens is 576 g/mol. The number of furan rings is 1. The van der Waals surface area contributed by atoms with Gasteiger partial charge in [0.05, 0.1) is 33.3 Å². The first-order valence-corrected chi connectivity index (χ1v) is 15.2. The minimum atomic E-state index is -0.493. The van der Waals surface area contributed by atoms with E-state index in [0.29, 0.717) is 16.8 Å². The zero-order chi connectivity index (χ0) is 37.6. The Kier molecular flexibility index (Phi) is 3.59. The van der Waals surface area contributed by atoms with Gasteiger partial charge in [0, 0.05) is 32.3 Å². The van der Waals surface area contributed by atoms with Crippen LogP contribution in [0.3, 0.4) is 0 Å². The molecule has 4 nitrogen and oxygen atoms in total. The minimum absolute atomic E-state index is 0.0262. The van der Waals surface area contributed by atoms with E-state index < -0.39 is 30.2 Å². The zero-order valence-electron chi connectivity index (χ0n) is 32.4. The van der Waals surface area contributed by atoms with E-state index in [-0.39, 0.29) is 62.3 Å². The molecule has 47 heavy (non-hydrogen) atoms. The van der Waals surface area contributed by atoms with Crippen LogP contribution >= 0.6 is 0 Å². The van der Waals surface area contributed by atoms with E-state index in [9.17, 15) is 4.11 Å². The van der Waals surface area contributed by atoms with Crippen molar-refractivity contribution >= 4 is 87.2 Å². The fourth-order valence-electron chi connectivity index (χ4n) is 7.34. The predicted molar refractivity (Wildman–Crippen MR) is 194 cm³/mol. The van der Waals surface area contributed by atoms with Gasteiger partial charge < -0.3 is 13.4 Å². The van der Waals surface area contributed by atoms with Gasteiger partial charge >= 0.3 is 0 Å². The number of rotatable bonds is 2. The van der Waals surface area contributed by atoms with Crippen molar-refractivity contribution in [3.05, 3.63) is 145 Å². The van der Waals surface area contributed by atoms with Crippen molar-refractivity contribution in [3.63, 3.8) is 0 Å². The van der Waals surface area contributed by atoms with E-state index >= 15 is 0 Å². The molecule has 0 fully saturated rings. The molecule has 0 N–H and O–H groups in total. The molecule has 0 aliphatic heterocycles. The molecule has 0 spiro atoms. The lowest BCUT2D eigenvalue weighted by Gasteiger charge is -2.17. The van der Waals surface area contributed by atoms with E-state index in [1.54, 1.807) is 12.1 Å². The van der Waals surface area contributed by atoms with Crippen LogP contribution < -0.4 is 0 Å². The van der Waals surface area contributed by atoms with Gasteiger partial charge in [0.2, 0.25) is 5.89 Å². The SMILES string of the molecule is [2H]c1c([2H])c([2H])c2c(oc3c4c([2H])c([2H])c([2H])c([2H])c4c(-n4c5ccc6ccccc6c5c5c6ccccc6ccc54)c(-c4nc5ccccc5o4)c32)c1[2H]. The summed E-state index contributed by atoms with van der Waals surface area (Å²) in [6.45, 7) is 0. The molecule has 4 heteroatoms. The largest absolute Gasteiger partial charge is 0.455 e. The van der Waals surface area contributed by atoms with Crippen LogP contribution in [0.4, 0.5) is 0 Å². The number of fused-ring (bicyclic) bond motifs is 13. The maximum Gasteiger partial charge on any atom is 0.230 e. The summed E-state index contributed by atoms with van der Waals surface area (Å²) in [6.07, 6.45) is 0. The van der Waals surface area contributed by atoms with Crippen molar-refractivity contribution in [2.24, 2.45) is 0 Å². The van der Waals surface area contributed by atoms with E-state index in [0.717, 1.165) is 43.4 Å². The normalized spacial score (nSPS) is 14.6. The number of hydrogen-bond acceptors (Lipinski definition) is 3. The van der Waals surface area contributed by atoms with E-state index in [1.807, 2.05) is 65.2 Å². The van der Waals surface area contributed by atoms with Gasteiger partial charge in [0.1, 0.15) is 16.7 Å². The molecule has 218 valence electrons. The van der Waals surface area contributed by atoms with Gasteiger partial charge in [0.15, 0.2) is 5.58 Å². The fourth-order valence-corrected chi connectivity index (χ4v) is 7.34. The monoisotopic (exact) mass is 608 g/mol. The Hall–Kier alpha value is -6.39. The maximum atomic E-state index is 9.55. The molecule has 3 aromatic heterocycles. The van der Waals surface area contributed by atoms with Gasteiger partial charge in [-0.2, -0.15) is 0 Å². The third-order valence-corrected chi connectivity index (χ3v) is 9.25. The Balaban J connectivity index is 1.52. The first kappa shape index (κ1) is 18.5. The van der Waals surface area contributed by atoms with Gasteiger partial charge in [-0.25, -0.2) is 4.98 Å². The Labute approximate surface area is 278 Å². The van der Waals surface area contributed by atoms with Gasteiger partial charge in [0.25, 0.3) is 0 Å². The molecule has 0 atom stereocenters. The lowest BCUT2D eigenvalue weighted by Crippen LogP contribution is -2.00. The third kappa shape index (κ3) is 3.28. The standard InChI is InChI=1S/C43H24N2O2/c1-3-13-27-25(11-1)21-23-33-37(27)38-28-14-4-2-12-26(28)22-24-34(38)45(33)41-29-15-5-6-16-30(29)42-39(31-17-7-9-19-35(31)46-42)40(41)43-44-32-18-8-10-20-36(32)47-43/h1-24H/i5D,6D,7D,9D,15D,16D,17D,19D. The quantitative estimate of drug-likeness (QED) is 0.196. The van der Waals surface area contributed by atoms with Crippen molar-refractivity contribution in [2.45, 2.75) is 0 Å². The fraction of sp³-hybridized carbons (Fsp3) is 0. The zero-order valence-corrected chi connectivity index (χ0v) is 24.4. The second-order valence-corrected chi connectivity index (χ2v) is 11.7. The summed E-state index contributed by atoms with van der Waals surface area (Å²) in [6, 6.07) is 28.0. The van der Waals surface area contributed by atoms with Gasteiger partial charge in [-0.3, -0.25) is 0 Å². The van der Waals surface area contributed by atoms with Crippen LogP contribution in [-0.4, -0.2) is 9.55 Å². The molecule has 11 aromatic rings. The molecule has 0 saturated heterocycles. The molecule has 0 radical (unpaired) electrons. The maximum absolute atomic E-state index is 9.55. The van der Waals surface area contributed by atoms with Gasteiger partial charge in [-0.05, 0) is 51.9 Å². The van der Waals surface area contributed by atoms with Crippen molar-refractivity contribution in [1.29, 1.82) is 0 Å². The molecular formula is C43H24N2O2. The van der Waals surface area contributed by atoms with E-state index in [1.165, 1.54) is 0 Å². The molecule has 8 aromatic carbocycles. The number of hydrogen-bond donors (Lipinski definition) is 0. The molecule has 0 saturated carbocycles. The lowest BCUT2D eigenvalue weighted by molar-refractivity contribution is 0.620. The van der Waals surface area contributed by atoms with Crippen LogP contribution in [-0.2, 0) is 0 Å². The highest BCUT2D eigenvalue weighted by atomic mass is 16.3. The van der Waals surface area contributed by atoms with Crippen molar-refractivity contribution in [3.8, 4) is 17.1 Å². The van der Waals surface area contributed by atoms with Crippen LogP contribution in [0.15, 0.2) is 154 Å². The summed E-state index contributed by atoms with van der Waals surface area (Å²) >= 11 is 0. The topological polar surface area (TPSA) is 44.1 Å². The van der Waals surface area contributed by atoms with Crippen LogP contribution in [0.5, 0.6) is 0 Å². The molecule has 0 bridgehead atoms. The lowest BCUT2D eigenvalue weighted by atomic mass is 9.97. The van der Waals surface area contributed by atoms with Crippen LogP contribution in [0.1, 0.15) is 11.0 Å². The Morgan fingerprint density at radius 3 is 1.85 bits per heavy atom. The summed E-state index contributed by atoms with van der Waals surface area (Å²) in [5, 5.41) is 6.24. The van der Waals surface area contributed by atoms with Crippen molar-refractivity contribution in [2.75, 3.05) is 0 Å². The third-order valence-electron chi connectivity index (χ3n) is 9.25. The summed E-state index contributed by atoms with van der Waals surface area (Å²) in [5.41, 5.74) is 2.86. The first-order valence-electron chi connectivity index (χ1n) is 19.2. The number of oxazole rings is 1. The van der Waals surface area contributed by atoms with E-state index in [2.05, 4.69) is 24.3 Å². The number of nitrogens with zero attached hydrogens (tertiary/aromatic N) is 2. The van der Waals surface area contributed by atoms with Crippen molar-refractivity contribution in [1.82, 2.24) is 9.55 Å². The predicted octanol–water partition coefficient (Wildman–Crippen LogP) is 12.0. The highest BCUT2D eigenvalue weighted by Crippen LogP contribution is 2.49. The highest BCUT2D eigenvalue weighted by Gasteiger charge is 2.28. The minimum Gasteiger partial charge on any atom is -0.455 e. The molecule has 0 amide bonds. The second-order valence-electron chi connectivity index (χ2n) is 11.7. The number of benzene rings is 8. The van der Waals surface area contributed by atoms with Gasteiger partial charge in [-0.1, -0.05) is 115 Å². The van der Waals surface area contributed by atoms with Gasteiger partial charge in [-0.15, -0.1) is 0 Å². The highest BCUT2D eigenvalue weighted by molar-refractivity contribution is 6.30. The second kappa shape index (κ2) is 9.09. The van der Waals surface area contributed by atoms with Crippen molar-refractivity contribution < 1.29 is 19.8 Å². The van der Waals surface area contributed by atoms with Crippen LogP contribution in [0, 0.1) is 0 Å². The molecule has 0 aliphatic rings. The van der Waals surface area contributed by atoms with E-state index in [4.69, 9.17) is 20.7 Å². The van der Waals surface area contributed by atoms with Crippen LogP contribution in [0.25, 0.3) is 104 Å². The first-order chi connectivity index (χ1) is 26.7. The number of para-hydroxylation sites is 3. The molecule has 0 aliphatic carbocycles. The average Bonchev–Trinajstić information content (AvgIpc) is 3.92.